The number of ether oxygens (including phenoxy) is 1. The molecule has 0 aromatic carbocycles. The molecule has 3 aliphatic heterocycles. The Morgan fingerprint density at radius 2 is 2.27 bits per heavy atom. The Bertz CT molecular complexity index is 700. The lowest BCUT2D eigenvalue weighted by molar-refractivity contribution is -0.0440. The van der Waals surface area contributed by atoms with Crippen molar-refractivity contribution in [2.75, 3.05) is 47.6 Å². The molecule has 14 heteroatoms. The minimum absolute atomic E-state index is 0.0301. The first-order valence-corrected chi connectivity index (χ1v) is 9.73. The summed E-state index contributed by atoms with van der Waals surface area (Å²) in [6.07, 6.45) is -3.20. The molecule has 2 fully saturated rings. The van der Waals surface area contributed by atoms with Crippen LogP contribution in [0.25, 0.3) is 0 Å². The van der Waals surface area contributed by atoms with Crippen molar-refractivity contribution in [3.05, 3.63) is 0 Å². The number of fused-ring (bicyclic) bond motifs is 2. The number of nitrogens with zero attached hydrogens (tertiary/aromatic N) is 3. The molecule has 140 valence electrons. The number of rotatable bonds is 4. The molecule has 0 aliphatic carbocycles. The molecule has 0 amide bonds. The molecule has 4 rings (SSSR count). The van der Waals surface area contributed by atoms with Crippen LogP contribution in [0.2, 0.25) is 0 Å². The number of hydrogen-bond acceptors (Lipinski definition) is 12. The van der Waals surface area contributed by atoms with Crippen molar-refractivity contribution >= 4 is 38.7 Å². The number of hydrogen-bond donors (Lipinski definition) is 6. The van der Waals surface area contributed by atoms with Gasteiger partial charge in [-0.3, -0.25) is 0 Å². The fourth-order valence-electron chi connectivity index (χ4n) is 3.18. The van der Waals surface area contributed by atoms with Gasteiger partial charge < -0.3 is 36.8 Å². The van der Waals surface area contributed by atoms with Crippen LogP contribution in [0.15, 0.2) is 0 Å². The molecule has 1 aromatic heterocycles. The van der Waals surface area contributed by atoms with Gasteiger partial charge in [0.1, 0.15) is 24.5 Å². The Kier molecular flexibility index (Phi) is 4.55. The van der Waals surface area contributed by atoms with E-state index in [9.17, 15) is 10.00 Å². The van der Waals surface area contributed by atoms with Crippen molar-refractivity contribution in [2.45, 2.75) is 24.5 Å². The third-order valence-electron chi connectivity index (χ3n) is 4.36. The summed E-state index contributed by atoms with van der Waals surface area (Å²) in [5.74, 6) is 1.08. The highest BCUT2D eigenvalue weighted by Crippen LogP contribution is 2.58. The van der Waals surface area contributed by atoms with Crippen molar-refractivity contribution in [3.8, 4) is 0 Å². The molecule has 4 heterocycles. The topological polar surface area (TPSA) is 173 Å². The number of aromatic nitrogens is 2. The molecule has 4 unspecified atom stereocenters. The maximum absolute atomic E-state index is 10.7. The summed E-state index contributed by atoms with van der Waals surface area (Å²) in [5, 5.41) is 16.7. The third kappa shape index (κ3) is 3.05. The monoisotopic (exact) mass is 384 g/mol. The van der Waals surface area contributed by atoms with Crippen molar-refractivity contribution in [1.82, 2.24) is 9.97 Å². The second-order valence-corrected chi connectivity index (χ2v) is 7.73. The second-order valence-electron chi connectivity index (χ2n) is 6.14. The number of aliphatic hydroxyl groups is 1. The van der Waals surface area contributed by atoms with Gasteiger partial charge in [-0.05, 0) is 0 Å². The molecule has 0 saturated carbocycles. The highest BCUT2D eigenvalue weighted by Gasteiger charge is 2.58. The van der Waals surface area contributed by atoms with Crippen LogP contribution >= 0.6 is 7.82 Å². The van der Waals surface area contributed by atoms with Crippen LogP contribution in [0.1, 0.15) is 0 Å². The maximum Gasteiger partial charge on any atom is 0.488 e. The predicted molar refractivity (Wildman–Crippen MR) is 95.3 cm³/mol. The highest BCUT2D eigenvalue weighted by molar-refractivity contribution is 7.85. The first kappa shape index (κ1) is 17.9. The van der Waals surface area contributed by atoms with Gasteiger partial charge in [-0.25, -0.2) is 4.89 Å². The number of nitrogen functional groups attached to an aromatic ring is 1. The maximum atomic E-state index is 10.7. The van der Waals surface area contributed by atoms with Crippen LogP contribution in [-0.4, -0.2) is 78.4 Å². The molecule has 8 N–H and O–H groups in total. The number of anilines is 4. The van der Waals surface area contributed by atoms with E-state index in [1.165, 1.54) is 0 Å². The fraction of sp³-hybridized carbons (Fsp3) is 0.667. The van der Waals surface area contributed by atoms with Crippen LogP contribution in [0.3, 0.4) is 0 Å². The lowest BCUT2D eigenvalue weighted by Crippen LogP contribution is -2.45. The zero-order valence-corrected chi connectivity index (χ0v) is 14.7. The summed E-state index contributed by atoms with van der Waals surface area (Å²) in [6, 6.07) is 0. The molecule has 2 radical (unpaired) electrons. The molecule has 3 aliphatic rings. The number of nitrogens with one attached hydrogen (secondary N) is 2. The molecule has 0 bridgehead atoms. The van der Waals surface area contributed by atoms with Gasteiger partial charge in [0.15, 0.2) is 24.0 Å². The van der Waals surface area contributed by atoms with Crippen molar-refractivity contribution in [2.24, 2.45) is 5.73 Å². The summed E-state index contributed by atoms with van der Waals surface area (Å²) < 4.78 is 16.2. The van der Waals surface area contributed by atoms with E-state index in [0.29, 0.717) is 37.2 Å². The van der Waals surface area contributed by atoms with Gasteiger partial charge in [-0.1, -0.05) is 0 Å². The number of aliphatic hydroxyl groups excluding tert-OH is 1. The Balaban J connectivity index is 1.58. The van der Waals surface area contributed by atoms with E-state index in [4.69, 9.17) is 32.8 Å². The van der Waals surface area contributed by atoms with E-state index in [0.717, 1.165) is 0 Å². The van der Waals surface area contributed by atoms with Crippen molar-refractivity contribution in [1.29, 1.82) is 0 Å². The Morgan fingerprint density at radius 1 is 1.46 bits per heavy atom. The largest absolute Gasteiger partial charge is 0.488 e. The molecule has 2 saturated heterocycles. The van der Waals surface area contributed by atoms with Gasteiger partial charge >= 0.3 is 15.4 Å². The molecule has 26 heavy (non-hydrogen) atoms. The zero-order chi connectivity index (χ0) is 18.5. The Morgan fingerprint density at radius 3 is 3.04 bits per heavy atom. The van der Waals surface area contributed by atoms with E-state index >= 15 is 0 Å². The zero-order valence-electron chi connectivity index (χ0n) is 13.8. The highest BCUT2D eigenvalue weighted by atomic mass is 31.2. The molecule has 12 nitrogen and oxygen atoms in total. The minimum atomic E-state index is -3.44. The van der Waals surface area contributed by atoms with Gasteiger partial charge in [0.25, 0.3) is 0 Å². The van der Waals surface area contributed by atoms with E-state index in [1.54, 1.807) is 4.90 Å². The van der Waals surface area contributed by atoms with Gasteiger partial charge in [-0.2, -0.15) is 19.0 Å². The lowest BCUT2D eigenvalue weighted by Gasteiger charge is -2.28. The van der Waals surface area contributed by atoms with Gasteiger partial charge in [-0.15, -0.1) is 0 Å². The smallest absolute Gasteiger partial charge is 0.385 e. The molecule has 5 atom stereocenters. The van der Waals surface area contributed by atoms with Gasteiger partial charge in [0.05, 0.1) is 6.67 Å². The lowest BCUT2D eigenvalue weighted by atomic mass is 10.1. The Labute approximate surface area is 151 Å². The van der Waals surface area contributed by atoms with E-state index < -0.39 is 32.4 Å². The molecular weight excluding hydrogens is 364 g/mol. The van der Waals surface area contributed by atoms with Crippen LogP contribution < -0.4 is 27.0 Å². The van der Waals surface area contributed by atoms with Crippen molar-refractivity contribution < 1.29 is 23.8 Å². The molecule has 0 spiro atoms. The Hall–Kier alpha value is -1.47. The normalized spacial score (nSPS) is 35.7. The molecular formula is C12H20BN7O5P+. The SMILES string of the molecule is [B][P+]1(O)OCC2OC(N3CNc4c(N)nc(NCCN)nc43)C(O)[C@@H]2O1. The summed E-state index contributed by atoms with van der Waals surface area (Å²) in [4.78, 5) is 20.1. The second kappa shape index (κ2) is 6.61. The van der Waals surface area contributed by atoms with Gasteiger partial charge in [0.2, 0.25) is 5.95 Å². The van der Waals surface area contributed by atoms with E-state index in [1.807, 2.05) is 0 Å². The average Bonchev–Trinajstić information content (AvgIpc) is 3.14. The minimum Gasteiger partial charge on any atom is -0.385 e. The number of nitrogens with two attached hydrogens (primary N) is 2. The van der Waals surface area contributed by atoms with Gasteiger partial charge in [0, 0.05) is 13.1 Å². The average molecular weight is 384 g/mol. The van der Waals surface area contributed by atoms with Crippen molar-refractivity contribution in [3.63, 3.8) is 0 Å². The summed E-state index contributed by atoms with van der Waals surface area (Å²) >= 11 is 0. The fourth-order valence-corrected chi connectivity index (χ4v) is 4.21. The van der Waals surface area contributed by atoms with Crippen LogP contribution in [0.4, 0.5) is 23.3 Å². The summed E-state index contributed by atoms with van der Waals surface area (Å²) in [6.45, 7) is 1.24. The van der Waals surface area contributed by atoms with Crippen LogP contribution in [-0.2, 0) is 13.8 Å². The van der Waals surface area contributed by atoms with Crippen LogP contribution in [0, 0.1) is 0 Å². The summed E-state index contributed by atoms with van der Waals surface area (Å²) in [5.41, 5.74) is 12.0. The quantitative estimate of drug-likeness (QED) is 0.248. The van der Waals surface area contributed by atoms with Crippen LogP contribution in [0.5, 0.6) is 0 Å². The molecule has 1 aromatic rings. The first-order chi connectivity index (χ1) is 12.4. The van der Waals surface area contributed by atoms with E-state index in [2.05, 4.69) is 20.6 Å². The standard InChI is InChI=1S/C12H20BN7O5P/c13-26(22)23-3-5-8(25-26)7(21)11(24-5)20-4-17-6-9(15)18-12(16-2-1-14)19-10(6)20/h5,7-8,11,17,21-22H,1-4,14H2,(H3,15,16,18,19)/q+1/t5?,7?,8-,11?,26?/m1/s1. The predicted octanol–water partition coefficient (Wildman–Crippen LogP) is -2.04. The third-order valence-corrected chi connectivity index (χ3v) is 5.42. The first-order valence-electron chi connectivity index (χ1n) is 8.08. The summed E-state index contributed by atoms with van der Waals surface area (Å²) in [7, 11) is 2.09. The van der Waals surface area contributed by atoms with E-state index in [-0.39, 0.29) is 12.4 Å².